The molecule has 0 fully saturated rings. The van der Waals surface area contributed by atoms with Gasteiger partial charge in [-0.1, -0.05) is 54.6 Å². The lowest BCUT2D eigenvalue weighted by Crippen LogP contribution is -2.07. The summed E-state index contributed by atoms with van der Waals surface area (Å²) in [5, 5.41) is 4.55. The topological polar surface area (TPSA) is 61.2 Å². The lowest BCUT2D eigenvalue weighted by atomic mass is 10.1. The summed E-state index contributed by atoms with van der Waals surface area (Å²) < 4.78 is 12.9. The number of hydrogen-bond acceptors (Lipinski definition) is 5. The average Bonchev–Trinajstić information content (AvgIpc) is 3.30. The number of anilines is 1. The van der Waals surface area contributed by atoms with Gasteiger partial charge >= 0.3 is 0 Å². The zero-order valence-electron chi connectivity index (χ0n) is 19.2. The van der Waals surface area contributed by atoms with E-state index >= 15 is 0 Å². The van der Waals surface area contributed by atoms with Crippen LogP contribution in [0.2, 0.25) is 0 Å². The Morgan fingerprint density at radius 3 is 2.29 bits per heavy atom. The van der Waals surface area contributed by atoms with Crippen molar-refractivity contribution in [1.82, 2.24) is 14.5 Å². The van der Waals surface area contributed by atoms with E-state index in [4.69, 9.17) is 9.47 Å². The molecule has 2 heterocycles. The molecular weight excluding hydrogens is 424 g/mol. The highest BCUT2D eigenvalue weighted by atomic mass is 16.5. The van der Waals surface area contributed by atoms with Crippen LogP contribution in [0, 0.1) is 0 Å². The normalized spacial score (nSPS) is 10.9. The fraction of sp³-hybridized carbons (Fsp3) is 0.143. The molecule has 0 saturated heterocycles. The summed E-state index contributed by atoms with van der Waals surface area (Å²) >= 11 is 0. The first kappa shape index (κ1) is 21.5. The van der Waals surface area contributed by atoms with Gasteiger partial charge in [0.25, 0.3) is 0 Å². The van der Waals surface area contributed by atoms with Crippen LogP contribution in [0.4, 0.5) is 5.82 Å². The molecule has 5 aromatic rings. The number of nitrogens with zero attached hydrogens (tertiary/aromatic N) is 3. The van der Waals surface area contributed by atoms with Crippen molar-refractivity contribution >= 4 is 16.9 Å². The van der Waals surface area contributed by atoms with Crippen LogP contribution in [0.3, 0.4) is 0 Å². The first-order chi connectivity index (χ1) is 16.8. The van der Waals surface area contributed by atoms with E-state index in [1.165, 1.54) is 0 Å². The molecule has 6 heteroatoms. The van der Waals surface area contributed by atoms with Crippen LogP contribution in [-0.4, -0.2) is 35.3 Å². The molecule has 0 unspecified atom stereocenters. The molecule has 2 aromatic heterocycles. The fourth-order valence-corrected chi connectivity index (χ4v) is 4.18. The van der Waals surface area contributed by atoms with Gasteiger partial charge in [-0.3, -0.25) is 0 Å². The van der Waals surface area contributed by atoms with Crippen molar-refractivity contribution in [3.05, 3.63) is 97.0 Å². The zero-order chi connectivity index (χ0) is 23.3. The highest BCUT2D eigenvalue weighted by Gasteiger charge is 2.17. The molecule has 170 valence electrons. The van der Waals surface area contributed by atoms with Crippen LogP contribution in [-0.2, 0) is 6.42 Å². The first-order valence-electron chi connectivity index (χ1n) is 11.2. The van der Waals surface area contributed by atoms with Crippen LogP contribution in [0.5, 0.6) is 11.5 Å². The summed E-state index contributed by atoms with van der Waals surface area (Å²) in [6.07, 6.45) is 4.57. The molecule has 0 aliphatic rings. The van der Waals surface area contributed by atoms with Crippen molar-refractivity contribution in [2.75, 3.05) is 26.1 Å². The molecule has 0 aliphatic heterocycles. The predicted molar refractivity (Wildman–Crippen MR) is 136 cm³/mol. The number of aromatic nitrogens is 3. The van der Waals surface area contributed by atoms with E-state index in [1.54, 1.807) is 20.5 Å². The number of methoxy groups -OCH3 is 2. The minimum atomic E-state index is 0.715. The molecule has 0 aliphatic carbocycles. The van der Waals surface area contributed by atoms with Gasteiger partial charge in [-0.15, -0.1) is 0 Å². The third-order valence-electron chi connectivity index (χ3n) is 5.86. The van der Waals surface area contributed by atoms with Crippen LogP contribution >= 0.6 is 0 Å². The van der Waals surface area contributed by atoms with E-state index in [0.29, 0.717) is 6.54 Å². The maximum absolute atomic E-state index is 5.44. The standard InChI is InChI=1S/C28H26N4O2/c1-33-24-14-13-20(17-25(24)34-2)15-16-29-27-26-23(21-9-5-3-6-10-21)18-32(28(26)31-19-30-27)22-11-7-4-8-12-22/h3-14,17-19H,15-16H2,1-2H3,(H,29,30,31). The zero-order valence-corrected chi connectivity index (χ0v) is 19.2. The van der Waals surface area contributed by atoms with Crippen molar-refractivity contribution in [2.45, 2.75) is 6.42 Å². The second kappa shape index (κ2) is 9.67. The van der Waals surface area contributed by atoms with Gasteiger partial charge in [0.05, 0.1) is 19.6 Å². The predicted octanol–water partition coefficient (Wildman–Crippen LogP) is 5.76. The summed E-state index contributed by atoms with van der Waals surface area (Å²) in [5.41, 5.74) is 5.30. The summed E-state index contributed by atoms with van der Waals surface area (Å²) in [4.78, 5) is 9.27. The highest BCUT2D eigenvalue weighted by Crippen LogP contribution is 2.35. The Morgan fingerprint density at radius 2 is 1.56 bits per heavy atom. The number of hydrogen-bond donors (Lipinski definition) is 1. The van der Waals surface area contributed by atoms with Crippen LogP contribution < -0.4 is 14.8 Å². The molecule has 3 aromatic carbocycles. The number of benzene rings is 3. The molecule has 34 heavy (non-hydrogen) atoms. The van der Waals surface area contributed by atoms with E-state index in [1.807, 2.05) is 36.4 Å². The van der Waals surface area contributed by atoms with Gasteiger partial charge in [0.1, 0.15) is 12.1 Å². The minimum absolute atomic E-state index is 0.715. The quantitative estimate of drug-likeness (QED) is 0.326. The maximum Gasteiger partial charge on any atom is 0.160 e. The van der Waals surface area contributed by atoms with Crippen molar-refractivity contribution in [3.8, 4) is 28.3 Å². The molecule has 0 saturated carbocycles. The summed E-state index contributed by atoms with van der Waals surface area (Å²) in [6, 6.07) is 26.6. The second-order valence-electron chi connectivity index (χ2n) is 7.90. The number of rotatable bonds is 8. The number of para-hydroxylation sites is 1. The smallest absolute Gasteiger partial charge is 0.160 e. The number of ether oxygens (including phenoxy) is 2. The van der Waals surface area contributed by atoms with Crippen LogP contribution in [0.1, 0.15) is 5.56 Å². The van der Waals surface area contributed by atoms with Gasteiger partial charge < -0.3 is 19.4 Å². The third-order valence-corrected chi connectivity index (χ3v) is 5.86. The Bertz CT molecular complexity index is 1400. The molecular formula is C28H26N4O2. The molecule has 6 nitrogen and oxygen atoms in total. The third kappa shape index (κ3) is 4.18. The van der Waals surface area contributed by atoms with Gasteiger partial charge in [0, 0.05) is 24.0 Å². The minimum Gasteiger partial charge on any atom is -0.493 e. The molecule has 0 radical (unpaired) electrons. The van der Waals surface area contributed by atoms with Gasteiger partial charge in [-0.05, 0) is 41.8 Å². The summed E-state index contributed by atoms with van der Waals surface area (Å²) in [6.45, 7) is 0.715. The summed E-state index contributed by atoms with van der Waals surface area (Å²) in [7, 11) is 3.30. The Hall–Kier alpha value is -4.32. The monoisotopic (exact) mass is 450 g/mol. The van der Waals surface area contributed by atoms with Gasteiger partial charge in [-0.2, -0.15) is 0 Å². The lowest BCUT2D eigenvalue weighted by molar-refractivity contribution is 0.354. The van der Waals surface area contributed by atoms with E-state index in [0.717, 1.165) is 57.1 Å². The molecule has 0 atom stereocenters. The van der Waals surface area contributed by atoms with E-state index < -0.39 is 0 Å². The molecule has 0 spiro atoms. The van der Waals surface area contributed by atoms with Crippen LogP contribution in [0.15, 0.2) is 91.4 Å². The van der Waals surface area contributed by atoms with Crippen molar-refractivity contribution in [1.29, 1.82) is 0 Å². The van der Waals surface area contributed by atoms with Crippen molar-refractivity contribution in [3.63, 3.8) is 0 Å². The van der Waals surface area contributed by atoms with Gasteiger partial charge in [0.15, 0.2) is 17.1 Å². The van der Waals surface area contributed by atoms with Crippen LogP contribution in [0.25, 0.3) is 27.8 Å². The Balaban J connectivity index is 1.50. The van der Waals surface area contributed by atoms with Gasteiger partial charge in [-0.25, -0.2) is 9.97 Å². The van der Waals surface area contributed by atoms with E-state index in [9.17, 15) is 0 Å². The maximum atomic E-state index is 5.44. The van der Waals surface area contributed by atoms with Crippen molar-refractivity contribution < 1.29 is 9.47 Å². The second-order valence-corrected chi connectivity index (χ2v) is 7.90. The Morgan fingerprint density at radius 1 is 0.824 bits per heavy atom. The first-order valence-corrected chi connectivity index (χ1v) is 11.2. The fourth-order valence-electron chi connectivity index (χ4n) is 4.18. The molecule has 0 amide bonds. The SMILES string of the molecule is COc1ccc(CCNc2ncnc3c2c(-c2ccccc2)cn3-c2ccccc2)cc1OC. The molecule has 1 N–H and O–H groups in total. The van der Waals surface area contributed by atoms with E-state index in [2.05, 4.69) is 68.5 Å². The summed E-state index contributed by atoms with van der Waals surface area (Å²) in [5.74, 6) is 2.28. The van der Waals surface area contributed by atoms with Gasteiger partial charge in [0.2, 0.25) is 0 Å². The number of nitrogens with one attached hydrogen (secondary N) is 1. The Labute approximate surface area is 198 Å². The average molecular weight is 451 g/mol. The van der Waals surface area contributed by atoms with Crippen molar-refractivity contribution in [2.24, 2.45) is 0 Å². The molecule has 5 rings (SSSR count). The molecule has 0 bridgehead atoms. The lowest BCUT2D eigenvalue weighted by Gasteiger charge is -2.11. The Kier molecular flexibility index (Phi) is 6.12. The largest absolute Gasteiger partial charge is 0.493 e. The highest BCUT2D eigenvalue weighted by molar-refractivity contribution is 6.02. The number of fused-ring (bicyclic) bond motifs is 1. The van der Waals surface area contributed by atoms with E-state index in [-0.39, 0.29) is 0 Å².